The van der Waals surface area contributed by atoms with Crippen LogP contribution >= 0.6 is 0 Å². The van der Waals surface area contributed by atoms with Crippen LogP contribution in [0.5, 0.6) is 11.6 Å². The van der Waals surface area contributed by atoms with Crippen molar-refractivity contribution in [2.45, 2.75) is 20.8 Å². The van der Waals surface area contributed by atoms with E-state index < -0.39 is 0 Å². The molecular weight excluding hydrogens is 286 g/mol. The molecule has 4 aromatic rings. The van der Waals surface area contributed by atoms with Crippen molar-refractivity contribution in [1.29, 1.82) is 0 Å². The molecule has 0 N–H and O–H groups in total. The van der Waals surface area contributed by atoms with Crippen molar-refractivity contribution in [1.82, 2.24) is 14.6 Å². The summed E-state index contributed by atoms with van der Waals surface area (Å²) >= 11 is 0. The molecule has 2 heterocycles. The number of para-hydroxylation sites is 1. The van der Waals surface area contributed by atoms with Gasteiger partial charge in [-0.3, -0.25) is 0 Å². The van der Waals surface area contributed by atoms with Crippen molar-refractivity contribution in [2.75, 3.05) is 0 Å². The van der Waals surface area contributed by atoms with Crippen LogP contribution in [0.2, 0.25) is 0 Å². The standard InChI is InChI=1S/C19H17N3O/c1-12-8-13(2)10-15(9-12)23-19-16-6-4-5-7-17(16)22-18(20-19)11-14(3)21-22/h4-11H,1-3H3. The van der Waals surface area contributed by atoms with E-state index in [0.29, 0.717) is 5.88 Å². The minimum Gasteiger partial charge on any atom is -0.438 e. The van der Waals surface area contributed by atoms with E-state index in [1.54, 1.807) is 0 Å². The molecule has 0 aliphatic rings. The van der Waals surface area contributed by atoms with E-state index in [1.165, 1.54) is 11.1 Å². The molecule has 4 heteroatoms. The summed E-state index contributed by atoms with van der Waals surface area (Å²) < 4.78 is 7.98. The molecule has 0 bridgehead atoms. The third kappa shape index (κ3) is 2.42. The monoisotopic (exact) mass is 303 g/mol. The summed E-state index contributed by atoms with van der Waals surface area (Å²) in [6, 6.07) is 16.2. The molecule has 4 rings (SSSR count). The third-order valence-electron chi connectivity index (χ3n) is 3.80. The lowest BCUT2D eigenvalue weighted by Crippen LogP contribution is -1.97. The second-order valence-corrected chi connectivity index (χ2v) is 5.92. The summed E-state index contributed by atoms with van der Waals surface area (Å²) in [5.41, 5.74) is 5.06. The van der Waals surface area contributed by atoms with E-state index in [1.807, 2.05) is 53.9 Å². The summed E-state index contributed by atoms with van der Waals surface area (Å²) in [6.45, 7) is 6.09. The van der Waals surface area contributed by atoms with Gasteiger partial charge >= 0.3 is 0 Å². The van der Waals surface area contributed by atoms with Gasteiger partial charge in [-0.15, -0.1) is 0 Å². The van der Waals surface area contributed by atoms with Crippen LogP contribution in [-0.2, 0) is 0 Å². The Balaban J connectivity index is 1.94. The highest BCUT2D eigenvalue weighted by Crippen LogP contribution is 2.30. The molecule has 23 heavy (non-hydrogen) atoms. The Bertz CT molecular complexity index is 1010. The molecule has 0 spiro atoms. The number of hydrogen-bond acceptors (Lipinski definition) is 3. The van der Waals surface area contributed by atoms with Crippen LogP contribution < -0.4 is 4.74 Å². The number of nitrogens with zero attached hydrogens (tertiary/aromatic N) is 3. The van der Waals surface area contributed by atoms with Crippen LogP contribution in [0.4, 0.5) is 0 Å². The Hall–Kier alpha value is -2.88. The maximum Gasteiger partial charge on any atom is 0.230 e. The predicted molar refractivity (Wildman–Crippen MR) is 91.2 cm³/mol. The van der Waals surface area contributed by atoms with E-state index in [-0.39, 0.29) is 0 Å². The number of fused-ring (bicyclic) bond motifs is 3. The van der Waals surface area contributed by atoms with Gasteiger partial charge in [-0.1, -0.05) is 18.2 Å². The van der Waals surface area contributed by atoms with Gasteiger partial charge in [0, 0.05) is 6.07 Å². The lowest BCUT2D eigenvalue weighted by molar-refractivity contribution is 0.469. The zero-order valence-corrected chi connectivity index (χ0v) is 13.4. The second-order valence-electron chi connectivity index (χ2n) is 5.92. The van der Waals surface area contributed by atoms with Crippen LogP contribution in [0.3, 0.4) is 0 Å². The zero-order chi connectivity index (χ0) is 16.0. The molecule has 0 aliphatic carbocycles. The fraction of sp³-hybridized carbons (Fsp3) is 0.158. The van der Waals surface area contributed by atoms with Crippen LogP contribution in [0.15, 0.2) is 48.5 Å². The number of rotatable bonds is 2. The van der Waals surface area contributed by atoms with Gasteiger partial charge in [0.25, 0.3) is 0 Å². The molecule has 0 saturated heterocycles. The van der Waals surface area contributed by atoms with Crippen LogP contribution in [0.1, 0.15) is 16.8 Å². The van der Waals surface area contributed by atoms with Crippen molar-refractivity contribution < 1.29 is 4.74 Å². The van der Waals surface area contributed by atoms with Crippen molar-refractivity contribution in [3.05, 3.63) is 65.4 Å². The van der Waals surface area contributed by atoms with E-state index in [0.717, 1.165) is 28.0 Å². The number of benzene rings is 2. The fourth-order valence-electron chi connectivity index (χ4n) is 2.93. The number of ether oxygens (including phenoxy) is 1. The Morgan fingerprint density at radius 3 is 2.43 bits per heavy atom. The van der Waals surface area contributed by atoms with Gasteiger partial charge in [0.2, 0.25) is 5.88 Å². The summed E-state index contributed by atoms with van der Waals surface area (Å²) in [7, 11) is 0. The number of aromatic nitrogens is 3. The van der Waals surface area contributed by atoms with Crippen LogP contribution in [0.25, 0.3) is 16.6 Å². The minimum absolute atomic E-state index is 0.609. The first kappa shape index (κ1) is 13.8. The summed E-state index contributed by atoms with van der Waals surface area (Å²) in [6.07, 6.45) is 0. The van der Waals surface area contributed by atoms with Crippen molar-refractivity contribution in [3.8, 4) is 11.6 Å². The summed E-state index contributed by atoms with van der Waals surface area (Å²) in [5.74, 6) is 1.42. The first-order valence-electron chi connectivity index (χ1n) is 7.61. The largest absolute Gasteiger partial charge is 0.438 e. The highest BCUT2D eigenvalue weighted by atomic mass is 16.5. The summed E-state index contributed by atoms with van der Waals surface area (Å²) in [5, 5.41) is 5.46. The first-order valence-corrected chi connectivity index (χ1v) is 7.61. The minimum atomic E-state index is 0.609. The van der Waals surface area contributed by atoms with Crippen LogP contribution in [-0.4, -0.2) is 14.6 Å². The molecule has 0 saturated carbocycles. The molecule has 0 fully saturated rings. The number of hydrogen-bond donors (Lipinski definition) is 0. The lowest BCUT2D eigenvalue weighted by Gasteiger charge is -2.10. The van der Waals surface area contributed by atoms with Gasteiger partial charge in [0.1, 0.15) is 5.75 Å². The molecule has 0 atom stereocenters. The zero-order valence-electron chi connectivity index (χ0n) is 13.4. The molecule has 4 nitrogen and oxygen atoms in total. The molecule has 0 unspecified atom stereocenters. The van der Waals surface area contributed by atoms with Crippen molar-refractivity contribution in [2.24, 2.45) is 0 Å². The first-order chi connectivity index (χ1) is 11.1. The molecule has 0 aliphatic heterocycles. The smallest absolute Gasteiger partial charge is 0.230 e. The maximum absolute atomic E-state index is 6.12. The maximum atomic E-state index is 6.12. The average Bonchev–Trinajstić information content (AvgIpc) is 2.87. The van der Waals surface area contributed by atoms with Crippen LogP contribution in [0, 0.1) is 20.8 Å². The van der Waals surface area contributed by atoms with Gasteiger partial charge in [-0.25, -0.2) is 4.52 Å². The van der Waals surface area contributed by atoms with Crippen molar-refractivity contribution in [3.63, 3.8) is 0 Å². The molecular formula is C19H17N3O. The van der Waals surface area contributed by atoms with E-state index in [4.69, 9.17) is 4.74 Å². The average molecular weight is 303 g/mol. The SMILES string of the molecule is Cc1cc(C)cc(Oc2nc3cc(C)nn3c3ccccc23)c1. The van der Waals surface area contributed by atoms with Gasteiger partial charge in [0.05, 0.1) is 16.6 Å². The van der Waals surface area contributed by atoms with E-state index >= 15 is 0 Å². The highest BCUT2D eigenvalue weighted by molar-refractivity contribution is 5.86. The fourth-order valence-corrected chi connectivity index (χ4v) is 2.93. The van der Waals surface area contributed by atoms with E-state index in [2.05, 4.69) is 30.0 Å². The topological polar surface area (TPSA) is 39.4 Å². The molecule has 2 aromatic carbocycles. The Morgan fingerprint density at radius 1 is 0.913 bits per heavy atom. The van der Waals surface area contributed by atoms with Gasteiger partial charge in [-0.2, -0.15) is 10.1 Å². The lowest BCUT2D eigenvalue weighted by atomic mass is 10.1. The predicted octanol–water partition coefficient (Wildman–Crippen LogP) is 4.60. The summed E-state index contributed by atoms with van der Waals surface area (Å²) in [4.78, 5) is 4.66. The Labute approximate surface area is 134 Å². The molecule has 0 amide bonds. The van der Waals surface area contributed by atoms with Gasteiger partial charge in [0.15, 0.2) is 5.65 Å². The quantitative estimate of drug-likeness (QED) is 0.543. The third-order valence-corrected chi connectivity index (χ3v) is 3.80. The van der Waals surface area contributed by atoms with E-state index in [9.17, 15) is 0 Å². The van der Waals surface area contributed by atoms with Gasteiger partial charge < -0.3 is 4.74 Å². The molecule has 114 valence electrons. The molecule has 0 radical (unpaired) electrons. The molecule has 2 aromatic heterocycles. The van der Waals surface area contributed by atoms with Gasteiger partial charge in [-0.05, 0) is 56.2 Å². The van der Waals surface area contributed by atoms with Crippen molar-refractivity contribution >= 4 is 16.6 Å². The Kier molecular flexibility index (Phi) is 3.05. The highest BCUT2D eigenvalue weighted by Gasteiger charge is 2.12. The second kappa shape index (κ2) is 5.09. The Morgan fingerprint density at radius 2 is 1.65 bits per heavy atom. The normalized spacial score (nSPS) is 11.3. The number of aryl methyl sites for hydroxylation is 3.